The number of aromatic carboxylic acids is 1. The molecule has 0 spiro atoms. The summed E-state index contributed by atoms with van der Waals surface area (Å²) < 4.78 is 1.49. The van der Waals surface area contributed by atoms with Crippen LogP contribution in [0.1, 0.15) is 16.1 Å². The molecule has 5 nitrogen and oxygen atoms in total. The van der Waals surface area contributed by atoms with Crippen LogP contribution in [0.25, 0.3) is 21.9 Å². The van der Waals surface area contributed by atoms with Gasteiger partial charge in [0, 0.05) is 10.8 Å². The van der Waals surface area contributed by atoms with Crippen molar-refractivity contribution in [2.45, 2.75) is 6.92 Å². The first-order valence-electron chi connectivity index (χ1n) is 5.49. The van der Waals surface area contributed by atoms with Gasteiger partial charge in [0.1, 0.15) is 0 Å². The van der Waals surface area contributed by atoms with Gasteiger partial charge in [-0.1, -0.05) is 18.2 Å². The zero-order chi connectivity index (χ0) is 12.9. The van der Waals surface area contributed by atoms with E-state index < -0.39 is 5.97 Å². The van der Waals surface area contributed by atoms with Crippen LogP contribution >= 0.6 is 0 Å². The third-order valence-electron chi connectivity index (χ3n) is 3.11. The van der Waals surface area contributed by atoms with Crippen molar-refractivity contribution in [3.63, 3.8) is 0 Å². The van der Waals surface area contributed by atoms with Gasteiger partial charge in [-0.3, -0.25) is 0 Å². The van der Waals surface area contributed by atoms with Gasteiger partial charge in [-0.25, -0.2) is 14.5 Å². The molecule has 0 unspecified atom stereocenters. The smallest absolute Gasteiger partial charge is 0.337 e. The Bertz CT molecular complexity index is 790. The molecular formula is C13H11N3O2. The van der Waals surface area contributed by atoms with Gasteiger partial charge in [-0.05, 0) is 19.1 Å². The Morgan fingerprint density at radius 1 is 1.33 bits per heavy atom. The summed E-state index contributed by atoms with van der Waals surface area (Å²) in [6, 6.07) is 9.19. The number of hydrogen-bond acceptors (Lipinski definition) is 3. The van der Waals surface area contributed by atoms with E-state index in [2.05, 4.69) is 4.98 Å². The third-order valence-corrected chi connectivity index (χ3v) is 3.11. The van der Waals surface area contributed by atoms with Crippen LogP contribution in [0.4, 0.5) is 0 Å². The molecule has 0 saturated carbocycles. The largest absolute Gasteiger partial charge is 0.478 e. The van der Waals surface area contributed by atoms with E-state index in [1.807, 2.05) is 24.3 Å². The van der Waals surface area contributed by atoms with Crippen LogP contribution in [-0.4, -0.2) is 20.7 Å². The Kier molecular flexibility index (Phi) is 2.04. The lowest BCUT2D eigenvalue weighted by Crippen LogP contribution is -2.09. The summed E-state index contributed by atoms with van der Waals surface area (Å²) in [5.41, 5.74) is 2.10. The van der Waals surface area contributed by atoms with Gasteiger partial charge in [0.2, 0.25) is 0 Å². The number of pyridine rings is 1. The Hall–Kier alpha value is -2.56. The second-order valence-electron chi connectivity index (χ2n) is 4.18. The molecule has 1 aromatic carbocycles. The number of fused-ring (bicyclic) bond motifs is 3. The van der Waals surface area contributed by atoms with Crippen molar-refractivity contribution < 1.29 is 9.90 Å². The average molecular weight is 241 g/mol. The number of carboxylic acid groups (broad SMARTS) is 1. The number of nitrogens with two attached hydrogens (primary N) is 1. The maximum atomic E-state index is 11.1. The Balaban J connectivity index is 2.54. The molecule has 0 aliphatic carbocycles. The van der Waals surface area contributed by atoms with Crippen molar-refractivity contribution >= 4 is 27.9 Å². The van der Waals surface area contributed by atoms with Crippen molar-refractivity contribution in [2.24, 2.45) is 0 Å². The second kappa shape index (κ2) is 3.46. The van der Waals surface area contributed by atoms with Crippen LogP contribution in [0, 0.1) is 6.92 Å². The maximum Gasteiger partial charge on any atom is 0.337 e. The van der Waals surface area contributed by atoms with E-state index in [1.54, 1.807) is 13.0 Å². The summed E-state index contributed by atoms with van der Waals surface area (Å²) in [6.07, 6.45) is 0. The van der Waals surface area contributed by atoms with E-state index in [-0.39, 0.29) is 5.56 Å². The fraction of sp³-hybridized carbons (Fsp3) is 0.0769. The molecule has 0 atom stereocenters. The van der Waals surface area contributed by atoms with Crippen LogP contribution < -0.4 is 5.84 Å². The number of benzene rings is 1. The number of carboxylic acids is 1. The molecule has 18 heavy (non-hydrogen) atoms. The molecule has 0 radical (unpaired) electrons. The van der Waals surface area contributed by atoms with Crippen molar-refractivity contribution in [1.29, 1.82) is 0 Å². The first-order chi connectivity index (χ1) is 8.59. The number of aromatic nitrogens is 2. The summed E-state index contributed by atoms with van der Waals surface area (Å²) >= 11 is 0. The highest BCUT2D eigenvalue weighted by Crippen LogP contribution is 2.27. The van der Waals surface area contributed by atoms with E-state index in [1.165, 1.54) is 4.68 Å². The quantitative estimate of drug-likeness (QED) is 0.638. The highest BCUT2D eigenvalue weighted by atomic mass is 16.4. The van der Waals surface area contributed by atoms with E-state index >= 15 is 0 Å². The zero-order valence-electron chi connectivity index (χ0n) is 9.71. The molecule has 5 heteroatoms. The fourth-order valence-electron chi connectivity index (χ4n) is 2.22. The number of aryl methyl sites for hydroxylation is 1. The number of nitrogens with zero attached hydrogens (tertiary/aromatic N) is 2. The Morgan fingerprint density at radius 3 is 2.78 bits per heavy atom. The van der Waals surface area contributed by atoms with Crippen LogP contribution in [-0.2, 0) is 0 Å². The normalized spacial score (nSPS) is 11.2. The van der Waals surface area contributed by atoms with E-state index in [0.29, 0.717) is 11.3 Å². The van der Waals surface area contributed by atoms with Crippen molar-refractivity contribution in [2.75, 3.05) is 5.84 Å². The summed E-state index contributed by atoms with van der Waals surface area (Å²) in [5.74, 6) is 5.00. The van der Waals surface area contributed by atoms with E-state index in [0.717, 1.165) is 16.3 Å². The van der Waals surface area contributed by atoms with E-state index in [4.69, 9.17) is 10.9 Å². The molecule has 3 rings (SSSR count). The molecule has 0 bridgehead atoms. The van der Waals surface area contributed by atoms with Crippen molar-refractivity contribution in [1.82, 2.24) is 9.66 Å². The highest BCUT2D eigenvalue weighted by Gasteiger charge is 2.15. The minimum atomic E-state index is -0.976. The van der Waals surface area contributed by atoms with Crippen LogP contribution in [0.3, 0.4) is 0 Å². The summed E-state index contributed by atoms with van der Waals surface area (Å²) in [7, 11) is 0. The minimum absolute atomic E-state index is 0.207. The predicted molar refractivity (Wildman–Crippen MR) is 69.1 cm³/mol. The van der Waals surface area contributed by atoms with Crippen LogP contribution in [0.5, 0.6) is 0 Å². The maximum absolute atomic E-state index is 11.1. The number of para-hydroxylation sites is 1. The summed E-state index contributed by atoms with van der Waals surface area (Å²) in [5, 5.41) is 10.8. The first kappa shape index (κ1) is 10.6. The third kappa shape index (κ3) is 1.27. The van der Waals surface area contributed by atoms with Gasteiger partial charge in [0.25, 0.3) is 0 Å². The molecule has 0 fully saturated rings. The average Bonchev–Trinajstić information content (AvgIpc) is 2.62. The van der Waals surface area contributed by atoms with Gasteiger partial charge >= 0.3 is 5.97 Å². The standard InChI is InChI=1S/C13H11N3O2/c1-7-9(13(17)18)6-10-8-4-2-3-5-11(8)16(14)12(10)15-7/h2-6H,14H2,1H3,(H,17,18). The highest BCUT2D eigenvalue weighted by molar-refractivity contribution is 6.08. The lowest BCUT2D eigenvalue weighted by Gasteiger charge is -2.01. The topological polar surface area (TPSA) is 81.1 Å². The number of nitrogen functional groups attached to an aromatic ring is 1. The van der Waals surface area contributed by atoms with Gasteiger partial charge in [0.15, 0.2) is 5.65 Å². The predicted octanol–water partition coefficient (Wildman–Crippen LogP) is 1.91. The fourth-order valence-corrected chi connectivity index (χ4v) is 2.22. The molecule has 3 aromatic rings. The molecule has 0 amide bonds. The van der Waals surface area contributed by atoms with Crippen LogP contribution in [0.15, 0.2) is 30.3 Å². The molecule has 0 aliphatic rings. The Labute approximate surface area is 102 Å². The first-order valence-corrected chi connectivity index (χ1v) is 5.49. The number of hydrogen-bond donors (Lipinski definition) is 2. The monoisotopic (exact) mass is 241 g/mol. The van der Waals surface area contributed by atoms with E-state index in [9.17, 15) is 4.79 Å². The van der Waals surface area contributed by atoms with Gasteiger partial charge in [-0.2, -0.15) is 0 Å². The minimum Gasteiger partial charge on any atom is -0.478 e. The van der Waals surface area contributed by atoms with Gasteiger partial charge < -0.3 is 10.9 Å². The van der Waals surface area contributed by atoms with Crippen LogP contribution in [0.2, 0.25) is 0 Å². The molecular weight excluding hydrogens is 230 g/mol. The molecule has 2 aromatic heterocycles. The zero-order valence-corrected chi connectivity index (χ0v) is 9.71. The molecule has 0 aliphatic heterocycles. The second-order valence-corrected chi connectivity index (χ2v) is 4.18. The summed E-state index contributed by atoms with van der Waals surface area (Å²) in [4.78, 5) is 15.4. The van der Waals surface area contributed by atoms with Crippen molar-refractivity contribution in [3.05, 3.63) is 41.6 Å². The number of carbonyl (C=O) groups is 1. The Morgan fingerprint density at radius 2 is 2.06 bits per heavy atom. The van der Waals surface area contributed by atoms with Crippen molar-refractivity contribution in [3.8, 4) is 0 Å². The molecule has 3 N–H and O–H groups in total. The lowest BCUT2D eigenvalue weighted by molar-refractivity contribution is 0.0696. The summed E-state index contributed by atoms with van der Waals surface area (Å²) in [6.45, 7) is 1.67. The van der Waals surface area contributed by atoms with Gasteiger partial charge in [0.05, 0.1) is 16.8 Å². The lowest BCUT2D eigenvalue weighted by atomic mass is 10.1. The molecule has 90 valence electrons. The molecule has 2 heterocycles. The number of rotatable bonds is 1. The van der Waals surface area contributed by atoms with Gasteiger partial charge in [-0.15, -0.1) is 0 Å². The SMILES string of the molecule is Cc1nc2c(cc1C(=O)O)c1ccccc1n2N. The molecule has 0 saturated heterocycles.